The molecule has 1 atom stereocenters. The molecule has 1 unspecified atom stereocenters. The monoisotopic (exact) mass is 261 g/mol. The van der Waals surface area contributed by atoms with Gasteiger partial charge in [-0.25, -0.2) is 0 Å². The quantitative estimate of drug-likeness (QED) is 0.649. The van der Waals surface area contributed by atoms with Gasteiger partial charge in [-0.2, -0.15) is 0 Å². The molecule has 102 valence electrons. The van der Waals surface area contributed by atoms with Gasteiger partial charge in [0.1, 0.15) is 0 Å². The van der Waals surface area contributed by atoms with Crippen LogP contribution in [0.15, 0.2) is 0 Å². The molecule has 3 heteroatoms. The van der Waals surface area contributed by atoms with E-state index in [2.05, 4.69) is 32.6 Å². The van der Waals surface area contributed by atoms with Gasteiger partial charge in [0.25, 0.3) is 0 Å². The lowest BCUT2D eigenvalue weighted by Crippen LogP contribution is -2.41. The molecule has 17 heavy (non-hydrogen) atoms. The van der Waals surface area contributed by atoms with Crippen molar-refractivity contribution in [3.8, 4) is 0 Å². The van der Waals surface area contributed by atoms with Crippen LogP contribution >= 0.6 is 11.6 Å². The van der Waals surface area contributed by atoms with E-state index in [9.17, 15) is 0 Å². The third kappa shape index (κ3) is 4.76. The predicted molar refractivity (Wildman–Crippen MR) is 74.8 cm³/mol. The molecule has 0 N–H and O–H groups in total. The van der Waals surface area contributed by atoms with Gasteiger partial charge in [-0.05, 0) is 39.5 Å². The standard InChI is InChI=1S/C14H28ClNO/c1-5-12(6-2)16(10-9-15)11-13-7-8-14(3,4)17-13/h12-13H,5-11H2,1-4H3. The third-order valence-electron chi connectivity index (χ3n) is 3.82. The predicted octanol–water partition coefficient (Wildman–Crippen LogP) is 3.67. The number of rotatable bonds is 7. The van der Waals surface area contributed by atoms with E-state index in [0.717, 1.165) is 13.1 Å². The zero-order valence-electron chi connectivity index (χ0n) is 11.8. The van der Waals surface area contributed by atoms with Crippen molar-refractivity contribution >= 4 is 11.6 Å². The second-order valence-electron chi connectivity index (χ2n) is 5.69. The minimum Gasteiger partial charge on any atom is -0.371 e. The molecule has 1 rings (SSSR count). The summed E-state index contributed by atoms with van der Waals surface area (Å²) in [6.07, 6.45) is 5.16. The number of alkyl halides is 1. The Morgan fingerprint density at radius 2 is 2.00 bits per heavy atom. The second kappa shape index (κ2) is 6.96. The van der Waals surface area contributed by atoms with Gasteiger partial charge in [0.2, 0.25) is 0 Å². The van der Waals surface area contributed by atoms with E-state index in [1.54, 1.807) is 0 Å². The van der Waals surface area contributed by atoms with E-state index < -0.39 is 0 Å². The summed E-state index contributed by atoms with van der Waals surface area (Å²) < 4.78 is 6.08. The van der Waals surface area contributed by atoms with Crippen LogP contribution in [-0.2, 0) is 4.74 Å². The summed E-state index contributed by atoms with van der Waals surface area (Å²) in [6, 6.07) is 0.654. The van der Waals surface area contributed by atoms with E-state index in [-0.39, 0.29) is 5.60 Å². The van der Waals surface area contributed by atoms with Gasteiger partial charge in [-0.3, -0.25) is 4.90 Å². The van der Waals surface area contributed by atoms with Gasteiger partial charge in [0, 0.05) is 25.0 Å². The van der Waals surface area contributed by atoms with Crippen molar-refractivity contribution in [3.63, 3.8) is 0 Å². The Labute approximate surface area is 112 Å². The lowest BCUT2D eigenvalue weighted by atomic mass is 10.0. The summed E-state index contributed by atoms with van der Waals surface area (Å²) in [4.78, 5) is 2.51. The van der Waals surface area contributed by atoms with Crippen LogP contribution < -0.4 is 0 Å². The van der Waals surface area contributed by atoms with Crippen molar-refractivity contribution in [3.05, 3.63) is 0 Å². The molecule has 1 aliphatic rings. The van der Waals surface area contributed by atoms with Crippen LogP contribution in [0, 0.1) is 0 Å². The van der Waals surface area contributed by atoms with Crippen LogP contribution in [0.25, 0.3) is 0 Å². The molecule has 0 spiro atoms. The molecule has 0 aromatic heterocycles. The summed E-state index contributed by atoms with van der Waals surface area (Å²) in [5, 5.41) is 0. The van der Waals surface area contributed by atoms with Gasteiger partial charge >= 0.3 is 0 Å². The summed E-state index contributed by atoms with van der Waals surface area (Å²) in [5.74, 6) is 0.715. The van der Waals surface area contributed by atoms with Crippen LogP contribution in [0.2, 0.25) is 0 Å². The summed E-state index contributed by atoms with van der Waals surface area (Å²) in [6.45, 7) is 10.9. The summed E-state index contributed by atoms with van der Waals surface area (Å²) in [5.41, 5.74) is 0.0746. The van der Waals surface area contributed by atoms with Gasteiger partial charge in [-0.1, -0.05) is 13.8 Å². The Morgan fingerprint density at radius 3 is 2.41 bits per heavy atom. The van der Waals surface area contributed by atoms with Crippen LogP contribution in [0.5, 0.6) is 0 Å². The van der Waals surface area contributed by atoms with Gasteiger partial charge in [-0.15, -0.1) is 11.6 Å². The molecule has 1 fully saturated rings. The summed E-state index contributed by atoms with van der Waals surface area (Å²) >= 11 is 5.91. The molecule has 0 saturated carbocycles. The third-order valence-corrected chi connectivity index (χ3v) is 3.99. The van der Waals surface area contributed by atoms with Crippen molar-refractivity contribution in [2.24, 2.45) is 0 Å². The Balaban J connectivity index is 2.49. The van der Waals surface area contributed by atoms with E-state index in [1.807, 2.05) is 0 Å². The van der Waals surface area contributed by atoms with E-state index in [1.165, 1.54) is 25.7 Å². The lowest BCUT2D eigenvalue weighted by Gasteiger charge is -2.32. The number of ether oxygens (including phenoxy) is 1. The molecule has 1 saturated heterocycles. The molecule has 0 aromatic carbocycles. The number of hydrogen-bond donors (Lipinski definition) is 0. The van der Waals surface area contributed by atoms with Crippen molar-refractivity contribution in [2.45, 2.75) is 71.1 Å². The van der Waals surface area contributed by atoms with Crippen molar-refractivity contribution in [1.29, 1.82) is 0 Å². The van der Waals surface area contributed by atoms with E-state index in [0.29, 0.717) is 18.0 Å². The number of hydrogen-bond acceptors (Lipinski definition) is 2. The Bertz CT molecular complexity index is 216. The molecule has 0 radical (unpaired) electrons. The van der Waals surface area contributed by atoms with Gasteiger partial charge in [0.15, 0.2) is 0 Å². The fraction of sp³-hybridized carbons (Fsp3) is 1.00. The SMILES string of the molecule is CCC(CC)N(CCCl)CC1CCC(C)(C)O1. The maximum absolute atomic E-state index is 6.08. The fourth-order valence-electron chi connectivity index (χ4n) is 2.80. The van der Waals surface area contributed by atoms with Crippen LogP contribution in [-0.4, -0.2) is 41.6 Å². The average Bonchev–Trinajstić information content (AvgIpc) is 2.60. The molecular formula is C14H28ClNO. The molecule has 1 aliphatic heterocycles. The molecule has 0 amide bonds. The Morgan fingerprint density at radius 1 is 1.35 bits per heavy atom. The maximum atomic E-state index is 6.08. The van der Waals surface area contributed by atoms with Crippen molar-refractivity contribution in [2.75, 3.05) is 19.0 Å². The molecule has 0 aromatic rings. The molecule has 0 bridgehead atoms. The topological polar surface area (TPSA) is 12.5 Å². The maximum Gasteiger partial charge on any atom is 0.0710 e. The Hall–Kier alpha value is 0.210. The first kappa shape index (κ1) is 15.3. The molecular weight excluding hydrogens is 234 g/mol. The molecule has 0 aliphatic carbocycles. The number of nitrogens with zero attached hydrogens (tertiary/aromatic N) is 1. The number of halogens is 1. The zero-order valence-corrected chi connectivity index (χ0v) is 12.6. The first-order valence-electron chi connectivity index (χ1n) is 7.00. The zero-order chi connectivity index (χ0) is 12.9. The fourth-order valence-corrected chi connectivity index (χ4v) is 3.02. The van der Waals surface area contributed by atoms with Crippen molar-refractivity contribution in [1.82, 2.24) is 4.90 Å². The minimum atomic E-state index is 0.0746. The highest BCUT2D eigenvalue weighted by Crippen LogP contribution is 2.30. The van der Waals surface area contributed by atoms with Crippen molar-refractivity contribution < 1.29 is 4.74 Å². The molecule has 1 heterocycles. The first-order chi connectivity index (χ1) is 8.02. The second-order valence-corrected chi connectivity index (χ2v) is 6.07. The smallest absolute Gasteiger partial charge is 0.0710 e. The van der Waals surface area contributed by atoms with Crippen LogP contribution in [0.4, 0.5) is 0 Å². The normalized spacial score (nSPS) is 23.8. The summed E-state index contributed by atoms with van der Waals surface area (Å²) in [7, 11) is 0. The highest BCUT2D eigenvalue weighted by molar-refractivity contribution is 6.18. The van der Waals surface area contributed by atoms with Gasteiger partial charge < -0.3 is 4.74 Å². The van der Waals surface area contributed by atoms with Crippen LogP contribution in [0.3, 0.4) is 0 Å². The minimum absolute atomic E-state index is 0.0746. The average molecular weight is 262 g/mol. The van der Waals surface area contributed by atoms with E-state index >= 15 is 0 Å². The Kier molecular flexibility index (Phi) is 6.25. The first-order valence-corrected chi connectivity index (χ1v) is 7.53. The largest absolute Gasteiger partial charge is 0.371 e. The lowest BCUT2D eigenvalue weighted by molar-refractivity contribution is -0.0334. The highest BCUT2D eigenvalue weighted by Gasteiger charge is 2.33. The highest BCUT2D eigenvalue weighted by atomic mass is 35.5. The van der Waals surface area contributed by atoms with Gasteiger partial charge in [0.05, 0.1) is 11.7 Å². The van der Waals surface area contributed by atoms with E-state index in [4.69, 9.17) is 16.3 Å². The molecule has 2 nitrogen and oxygen atoms in total. The van der Waals surface area contributed by atoms with Crippen LogP contribution in [0.1, 0.15) is 53.4 Å².